The first-order chi connectivity index (χ1) is 26.5. The van der Waals surface area contributed by atoms with Crippen LogP contribution in [0.4, 0.5) is 0 Å². The van der Waals surface area contributed by atoms with E-state index in [1.165, 1.54) is 148 Å². The van der Waals surface area contributed by atoms with E-state index in [1.807, 2.05) is 21.1 Å². The van der Waals surface area contributed by atoms with Crippen molar-refractivity contribution in [2.24, 2.45) is 0 Å². The minimum atomic E-state index is -4.31. The number of aliphatic hydroxyl groups is 1. The predicted octanol–water partition coefficient (Wildman–Crippen LogP) is 12.9. The molecule has 0 aromatic carbocycles. The van der Waals surface area contributed by atoms with E-state index in [4.69, 9.17) is 9.05 Å². The third-order valence-corrected chi connectivity index (χ3v) is 11.5. The van der Waals surface area contributed by atoms with Gasteiger partial charge in [0.05, 0.1) is 39.9 Å². The minimum absolute atomic E-state index is 0.0747. The molecule has 0 aromatic rings. The van der Waals surface area contributed by atoms with Crippen molar-refractivity contribution in [2.45, 2.75) is 225 Å². The van der Waals surface area contributed by atoms with Gasteiger partial charge in [-0.25, -0.2) is 4.57 Å². The molecule has 0 aliphatic carbocycles. The first kappa shape index (κ1) is 54.0. The lowest BCUT2D eigenvalue weighted by Gasteiger charge is -2.26. The number of phosphoric acid groups is 1. The van der Waals surface area contributed by atoms with Gasteiger partial charge in [-0.1, -0.05) is 192 Å². The lowest BCUT2D eigenvalue weighted by Crippen LogP contribution is -2.46. The number of nitrogens with zero attached hydrogens (tertiary/aromatic N) is 1. The fourth-order valence-electron chi connectivity index (χ4n) is 6.74. The SMILES string of the molecule is CCCCC/C=C\C=C/CCCCCCCCCCCCC(=O)NC(COP(=O)(O)OCC[N+](C)(C)C)C(O)CCCCCCCCCCCCCCCC. The summed E-state index contributed by atoms with van der Waals surface area (Å²) >= 11 is 0. The fraction of sp³-hybridized carbons (Fsp3) is 0.891. The molecule has 0 saturated carbocycles. The van der Waals surface area contributed by atoms with Crippen molar-refractivity contribution >= 4 is 13.7 Å². The second-order valence-electron chi connectivity index (χ2n) is 17.2. The Kier molecular flexibility index (Phi) is 37.8. The van der Waals surface area contributed by atoms with E-state index < -0.39 is 20.0 Å². The van der Waals surface area contributed by atoms with Gasteiger partial charge >= 0.3 is 7.82 Å². The number of likely N-dealkylation sites (N-methyl/N-ethyl adjacent to an activating group) is 1. The maximum absolute atomic E-state index is 12.9. The monoisotopic (exact) mass is 800 g/mol. The van der Waals surface area contributed by atoms with Crippen LogP contribution in [0.3, 0.4) is 0 Å². The van der Waals surface area contributed by atoms with E-state index in [0.717, 1.165) is 38.5 Å². The van der Waals surface area contributed by atoms with Gasteiger partial charge in [0.15, 0.2) is 0 Å². The van der Waals surface area contributed by atoms with E-state index in [1.54, 1.807) is 0 Å². The zero-order valence-corrected chi connectivity index (χ0v) is 37.8. The Morgan fingerprint density at radius 2 is 1.02 bits per heavy atom. The molecule has 0 aromatic heterocycles. The predicted molar refractivity (Wildman–Crippen MR) is 235 cm³/mol. The molecule has 1 amide bonds. The number of carbonyl (C=O) groups excluding carboxylic acids is 1. The van der Waals surface area contributed by atoms with E-state index in [9.17, 15) is 19.4 Å². The molecule has 0 aliphatic rings. The summed E-state index contributed by atoms with van der Waals surface area (Å²) in [7, 11) is 1.62. The number of phosphoric ester groups is 1. The summed E-state index contributed by atoms with van der Waals surface area (Å²) in [4.78, 5) is 23.2. The quantitative estimate of drug-likeness (QED) is 0.0246. The van der Waals surface area contributed by atoms with E-state index in [0.29, 0.717) is 23.9 Å². The second-order valence-corrected chi connectivity index (χ2v) is 18.6. The van der Waals surface area contributed by atoms with Crippen LogP contribution in [0, 0.1) is 0 Å². The van der Waals surface area contributed by atoms with Gasteiger partial charge in [-0.15, -0.1) is 0 Å². The van der Waals surface area contributed by atoms with Gasteiger partial charge in [0.1, 0.15) is 13.2 Å². The molecule has 0 radical (unpaired) electrons. The summed E-state index contributed by atoms with van der Waals surface area (Å²) in [5.41, 5.74) is 0. The zero-order valence-electron chi connectivity index (χ0n) is 36.9. The van der Waals surface area contributed by atoms with Crippen LogP contribution >= 0.6 is 7.82 Å². The molecule has 3 atom stereocenters. The average Bonchev–Trinajstić information content (AvgIpc) is 3.13. The van der Waals surface area contributed by atoms with Crippen molar-refractivity contribution in [2.75, 3.05) is 40.9 Å². The molecule has 0 heterocycles. The Morgan fingerprint density at radius 3 is 1.49 bits per heavy atom. The van der Waals surface area contributed by atoms with Crippen LogP contribution < -0.4 is 5.32 Å². The molecule has 0 rings (SSSR count). The average molecular weight is 800 g/mol. The smallest absolute Gasteiger partial charge is 0.391 e. The molecule has 0 spiro atoms. The van der Waals surface area contributed by atoms with Crippen LogP contribution in [-0.4, -0.2) is 73.4 Å². The molecular formula is C46H92N2O6P+. The number of nitrogens with one attached hydrogen (secondary N) is 1. The Hall–Kier alpha value is -1.02. The number of aliphatic hydroxyl groups excluding tert-OH is 1. The molecule has 9 heteroatoms. The molecule has 55 heavy (non-hydrogen) atoms. The number of unbranched alkanes of at least 4 members (excludes halogenated alkanes) is 26. The van der Waals surface area contributed by atoms with E-state index in [-0.39, 0.29) is 19.1 Å². The first-order valence-electron chi connectivity index (χ1n) is 23.2. The van der Waals surface area contributed by atoms with Crippen LogP contribution in [0.2, 0.25) is 0 Å². The van der Waals surface area contributed by atoms with Crippen molar-refractivity contribution in [3.63, 3.8) is 0 Å². The Labute approximate surface area is 341 Å². The Bertz CT molecular complexity index is 953. The molecule has 0 fully saturated rings. The molecule has 3 N–H and O–H groups in total. The van der Waals surface area contributed by atoms with Gasteiger partial charge < -0.3 is 19.8 Å². The first-order valence-corrected chi connectivity index (χ1v) is 24.7. The zero-order chi connectivity index (χ0) is 40.7. The second kappa shape index (κ2) is 38.5. The number of carbonyl (C=O) groups is 1. The molecule has 0 saturated heterocycles. The van der Waals surface area contributed by atoms with Gasteiger partial charge in [0.2, 0.25) is 5.91 Å². The highest BCUT2D eigenvalue weighted by molar-refractivity contribution is 7.47. The number of allylic oxidation sites excluding steroid dienone is 4. The van der Waals surface area contributed by atoms with Gasteiger partial charge in [0, 0.05) is 6.42 Å². The van der Waals surface area contributed by atoms with Crippen molar-refractivity contribution < 1.29 is 32.9 Å². The van der Waals surface area contributed by atoms with Crippen LogP contribution in [-0.2, 0) is 18.4 Å². The number of hydrogen-bond acceptors (Lipinski definition) is 5. The number of quaternary nitrogens is 1. The van der Waals surface area contributed by atoms with Gasteiger partial charge in [-0.3, -0.25) is 13.8 Å². The normalized spacial score (nSPS) is 14.5. The largest absolute Gasteiger partial charge is 0.472 e. The molecule has 0 aliphatic heterocycles. The summed E-state index contributed by atoms with van der Waals surface area (Å²) in [6.07, 6.45) is 44.8. The molecule has 3 unspecified atom stereocenters. The van der Waals surface area contributed by atoms with Crippen molar-refractivity contribution in [3.8, 4) is 0 Å². The standard InChI is InChI=1S/C46H91N2O6P/c1-6-8-10-12-14-16-18-20-22-23-24-25-26-28-30-32-34-36-38-40-46(50)47-44(43-54-55(51,52)53-42-41-48(3,4)5)45(49)39-37-35-33-31-29-27-21-19-17-15-13-11-9-7-2/h14,16,18,20,44-45,49H,6-13,15,17,19,21-43H2,1-5H3,(H-,47,50,51,52)/p+1/b16-14-,20-18-. The number of hydrogen-bond donors (Lipinski definition) is 3. The third-order valence-electron chi connectivity index (χ3n) is 10.5. The molecule has 0 bridgehead atoms. The Balaban J connectivity index is 4.31. The van der Waals surface area contributed by atoms with Crippen molar-refractivity contribution in [1.82, 2.24) is 5.32 Å². The molecule has 8 nitrogen and oxygen atoms in total. The molecular weight excluding hydrogens is 707 g/mol. The highest BCUT2D eigenvalue weighted by Crippen LogP contribution is 2.43. The summed E-state index contributed by atoms with van der Waals surface area (Å²) in [6.45, 7) is 4.86. The maximum atomic E-state index is 12.9. The van der Waals surface area contributed by atoms with Gasteiger partial charge in [-0.05, 0) is 38.5 Å². The lowest BCUT2D eigenvalue weighted by molar-refractivity contribution is -0.870. The van der Waals surface area contributed by atoms with Crippen molar-refractivity contribution in [3.05, 3.63) is 24.3 Å². The highest BCUT2D eigenvalue weighted by Gasteiger charge is 2.28. The lowest BCUT2D eigenvalue weighted by atomic mass is 10.0. The highest BCUT2D eigenvalue weighted by atomic mass is 31.2. The maximum Gasteiger partial charge on any atom is 0.472 e. The van der Waals surface area contributed by atoms with Crippen LogP contribution in [0.1, 0.15) is 213 Å². The summed E-state index contributed by atoms with van der Waals surface area (Å²) in [5.74, 6) is -0.148. The van der Waals surface area contributed by atoms with Gasteiger partial charge in [0.25, 0.3) is 0 Å². The number of amides is 1. The van der Waals surface area contributed by atoms with Gasteiger partial charge in [-0.2, -0.15) is 0 Å². The minimum Gasteiger partial charge on any atom is -0.391 e. The van der Waals surface area contributed by atoms with Crippen LogP contribution in [0.15, 0.2) is 24.3 Å². The summed E-state index contributed by atoms with van der Waals surface area (Å²) < 4.78 is 23.6. The van der Waals surface area contributed by atoms with E-state index >= 15 is 0 Å². The van der Waals surface area contributed by atoms with Crippen molar-refractivity contribution in [1.29, 1.82) is 0 Å². The number of rotatable bonds is 42. The fourth-order valence-corrected chi connectivity index (χ4v) is 7.48. The van der Waals surface area contributed by atoms with Crippen LogP contribution in [0.5, 0.6) is 0 Å². The Morgan fingerprint density at radius 1 is 0.618 bits per heavy atom. The third kappa shape index (κ3) is 41.0. The topological polar surface area (TPSA) is 105 Å². The van der Waals surface area contributed by atoms with Crippen LogP contribution in [0.25, 0.3) is 0 Å². The van der Waals surface area contributed by atoms with E-state index in [2.05, 4.69) is 43.5 Å². The summed E-state index contributed by atoms with van der Waals surface area (Å²) in [5, 5.41) is 14.0. The molecule has 326 valence electrons. The summed E-state index contributed by atoms with van der Waals surface area (Å²) in [6, 6.07) is -0.759.